The molecule has 1 N–H and O–H groups in total. The van der Waals surface area contributed by atoms with Crippen LogP contribution in [0.1, 0.15) is 20.3 Å². The molecule has 52 valence electrons. The average Bonchev–Trinajstić information content (AvgIpc) is 1.63. The van der Waals surface area contributed by atoms with E-state index >= 15 is 0 Å². The molecule has 0 radical (unpaired) electrons. The summed E-state index contributed by atoms with van der Waals surface area (Å²) in [5.74, 6) is 0. The van der Waals surface area contributed by atoms with Gasteiger partial charge in [-0.2, -0.15) is 0 Å². The molecular weight excluding hydrogens is 112 g/mol. The highest BCUT2D eigenvalue weighted by atomic mass is 16.3. The van der Waals surface area contributed by atoms with Crippen molar-refractivity contribution in [2.75, 3.05) is 0 Å². The first-order chi connectivity index (χ1) is 4.16. The second-order valence-electron chi connectivity index (χ2n) is 2.34. The Kier molecular flexibility index (Phi) is 4.06. The summed E-state index contributed by atoms with van der Waals surface area (Å²) in [6.07, 6.45) is 3.84. The van der Waals surface area contributed by atoms with E-state index in [-0.39, 0.29) is 6.10 Å². The van der Waals surface area contributed by atoms with Gasteiger partial charge in [0.15, 0.2) is 0 Å². The predicted molar refractivity (Wildman–Crippen MR) is 40.3 cm³/mol. The number of hydrogen-bond donors (Lipinski definition) is 1. The van der Waals surface area contributed by atoms with E-state index < -0.39 is 0 Å². The molecule has 0 fully saturated rings. The third-order valence-corrected chi connectivity index (χ3v) is 0.934. The minimum Gasteiger partial charge on any atom is -0.389 e. The maximum atomic E-state index is 9.07. The van der Waals surface area contributed by atoms with E-state index in [1.807, 2.05) is 19.9 Å². The van der Waals surface area contributed by atoms with Crippen molar-refractivity contribution in [1.82, 2.24) is 0 Å². The second kappa shape index (κ2) is 4.33. The molecule has 0 aliphatic heterocycles. The standard InChI is InChI=1S/C8H14O/c1-4-5-8(9)6-7(2)3/h4,6,8-9H,1,5H2,2-3H3/t8-/m1/s1. The molecule has 0 saturated heterocycles. The highest BCUT2D eigenvalue weighted by Crippen LogP contribution is 1.98. The molecule has 9 heavy (non-hydrogen) atoms. The maximum Gasteiger partial charge on any atom is 0.0757 e. The summed E-state index contributed by atoms with van der Waals surface area (Å²) in [6.45, 7) is 7.45. The van der Waals surface area contributed by atoms with Crippen molar-refractivity contribution < 1.29 is 5.11 Å². The lowest BCUT2D eigenvalue weighted by Gasteiger charge is -1.99. The molecule has 0 unspecified atom stereocenters. The largest absolute Gasteiger partial charge is 0.389 e. The van der Waals surface area contributed by atoms with E-state index in [1.54, 1.807) is 6.08 Å². The van der Waals surface area contributed by atoms with Gasteiger partial charge in [-0.15, -0.1) is 6.58 Å². The number of aliphatic hydroxyl groups is 1. The Morgan fingerprint density at radius 3 is 2.56 bits per heavy atom. The first kappa shape index (κ1) is 8.44. The number of hydrogen-bond acceptors (Lipinski definition) is 1. The lowest BCUT2D eigenvalue weighted by atomic mass is 10.2. The molecule has 0 aliphatic rings. The van der Waals surface area contributed by atoms with Gasteiger partial charge in [-0.3, -0.25) is 0 Å². The van der Waals surface area contributed by atoms with Gasteiger partial charge in [0.25, 0.3) is 0 Å². The first-order valence-corrected chi connectivity index (χ1v) is 3.10. The van der Waals surface area contributed by atoms with Crippen LogP contribution in [-0.4, -0.2) is 11.2 Å². The van der Waals surface area contributed by atoms with Gasteiger partial charge in [-0.1, -0.05) is 17.7 Å². The van der Waals surface area contributed by atoms with E-state index in [2.05, 4.69) is 6.58 Å². The molecule has 0 rings (SSSR count). The van der Waals surface area contributed by atoms with Crippen molar-refractivity contribution in [3.63, 3.8) is 0 Å². The van der Waals surface area contributed by atoms with Gasteiger partial charge in [-0.05, 0) is 20.3 Å². The van der Waals surface area contributed by atoms with E-state index in [0.717, 1.165) is 5.57 Å². The molecule has 0 amide bonds. The fourth-order valence-electron chi connectivity index (χ4n) is 0.624. The van der Waals surface area contributed by atoms with Crippen molar-refractivity contribution in [2.45, 2.75) is 26.4 Å². The van der Waals surface area contributed by atoms with Crippen LogP contribution in [0, 0.1) is 0 Å². The van der Waals surface area contributed by atoms with Crippen LogP contribution in [0.25, 0.3) is 0 Å². The fourth-order valence-corrected chi connectivity index (χ4v) is 0.624. The van der Waals surface area contributed by atoms with Crippen molar-refractivity contribution in [3.05, 3.63) is 24.3 Å². The van der Waals surface area contributed by atoms with Crippen LogP contribution in [0.2, 0.25) is 0 Å². The van der Waals surface area contributed by atoms with Gasteiger partial charge in [0.2, 0.25) is 0 Å². The Morgan fingerprint density at radius 1 is 1.67 bits per heavy atom. The number of aliphatic hydroxyl groups excluding tert-OH is 1. The molecule has 0 aromatic heterocycles. The van der Waals surface area contributed by atoms with Gasteiger partial charge in [0.05, 0.1) is 6.10 Å². The van der Waals surface area contributed by atoms with E-state index in [0.29, 0.717) is 6.42 Å². The van der Waals surface area contributed by atoms with Crippen LogP contribution in [0.5, 0.6) is 0 Å². The topological polar surface area (TPSA) is 20.2 Å². The molecule has 0 aromatic rings. The zero-order chi connectivity index (χ0) is 7.28. The quantitative estimate of drug-likeness (QED) is 0.572. The Morgan fingerprint density at radius 2 is 2.22 bits per heavy atom. The summed E-state index contributed by atoms with van der Waals surface area (Å²) in [5, 5.41) is 9.07. The summed E-state index contributed by atoms with van der Waals surface area (Å²) in [6, 6.07) is 0. The van der Waals surface area contributed by atoms with Gasteiger partial charge in [0, 0.05) is 0 Å². The normalized spacial score (nSPS) is 12.3. The molecule has 1 nitrogen and oxygen atoms in total. The third kappa shape index (κ3) is 5.31. The molecule has 0 bridgehead atoms. The average molecular weight is 126 g/mol. The summed E-state index contributed by atoms with van der Waals surface area (Å²) in [4.78, 5) is 0. The Bertz CT molecular complexity index is 110. The fraction of sp³-hybridized carbons (Fsp3) is 0.500. The molecule has 0 aromatic carbocycles. The monoisotopic (exact) mass is 126 g/mol. The van der Waals surface area contributed by atoms with Gasteiger partial charge in [-0.25, -0.2) is 0 Å². The zero-order valence-electron chi connectivity index (χ0n) is 6.09. The molecule has 0 spiro atoms. The van der Waals surface area contributed by atoms with Crippen LogP contribution in [0.15, 0.2) is 24.3 Å². The summed E-state index contributed by atoms with van der Waals surface area (Å²) in [7, 11) is 0. The van der Waals surface area contributed by atoms with Gasteiger partial charge >= 0.3 is 0 Å². The lowest BCUT2D eigenvalue weighted by molar-refractivity contribution is 0.226. The molecule has 0 aliphatic carbocycles. The zero-order valence-corrected chi connectivity index (χ0v) is 6.09. The first-order valence-electron chi connectivity index (χ1n) is 3.10. The van der Waals surface area contributed by atoms with Crippen LogP contribution >= 0.6 is 0 Å². The third-order valence-electron chi connectivity index (χ3n) is 0.934. The summed E-state index contributed by atoms with van der Waals surface area (Å²) < 4.78 is 0. The highest BCUT2D eigenvalue weighted by molar-refractivity contribution is 4.99. The molecular formula is C8H14O. The number of allylic oxidation sites excluding steroid dienone is 1. The Labute approximate surface area is 56.7 Å². The second-order valence-corrected chi connectivity index (χ2v) is 2.34. The minimum atomic E-state index is -0.340. The molecule has 0 saturated carbocycles. The van der Waals surface area contributed by atoms with Crippen LogP contribution in [-0.2, 0) is 0 Å². The Balaban J connectivity index is 3.61. The van der Waals surface area contributed by atoms with Crippen molar-refractivity contribution in [1.29, 1.82) is 0 Å². The SMILES string of the molecule is C=CC[C@@H](O)C=C(C)C. The smallest absolute Gasteiger partial charge is 0.0757 e. The van der Waals surface area contributed by atoms with Gasteiger partial charge in [0.1, 0.15) is 0 Å². The van der Waals surface area contributed by atoms with Crippen molar-refractivity contribution >= 4 is 0 Å². The lowest BCUT2D eigenvalue weighted by Crippen LogP contribution is -1.99. The van der Waals surface area contributed by atoms with Gasteiger partial charge < -0.3 is 5.11 Å². The number of rotatable bonds is 3. The minimum absolute atomic E-state index is 0.340. The molecule has 1 atom stereocenters. The summed E-state index contributed by atoms with van der Waals surface area (Å²) >= 11 is 0. The molecule has 0 heterocycles. The molecule has 1 heteroatoms. The van der Waals surface area contributed by atoms with Crippen LogP contribution < -0.4 is 0 Å². The van der Waals surface area contributed by atoms with Crippen molar-refractivity contribution in [3.8, 4) is 0 Å². The van der Waals surface area contributed by atoms with Crippen LogP contribution in [0.3, 0.4) is 0 Å². The van der Waals surface area contributed by atoms with E-state index in [4.69, 9.17) is 5.11 Å². The predicted octanol–water partition coefficient (Wildman–Crippen LogP) is 1.89. The van der Waals surface area contributed by atoms with Crippen molar-refractivity contribution in [2.24, 2.45) is 0 Å². The maximum absolute atomic E-state index is 9.07. The summed E-state index contributed by atoms with van der Waals surface area (Å²) in [5.41, 5.74) is 1.14. The van der Waals surface area contributed by atoms with Crippen LogP contribution in [0.4, 0.5) is 0 Å². The van der Waals surface area contributed by atoms with E-state index in [1.165, 1.54) is 0 Å². The van der Waals surface area contributed by atoms with E-state index in [9.17, 15) is 0 Å². The Hall–Kier alpha value is -0.560. The highest BCUT2D eigenvalue weighted by Gasteiger charge is 1.93.